The molecule has 0 bridgehead atoms. The summed E-state index contributed by atoms with van der Waals surface area (Å²) in [4.78, 5) is 16.9. The van der Waals surface area contributed by atoms with Crippen LogP contribution in [0.1, 0.15) is 41.6 Å². The highest BCUT2D eigenvalue weighted by Gasteiger charge is 2.19. The highest BCUT2D eigenvalue weighted by atomic mass is 19.1. The molecule has 2 aromatic carbocycles. The van der Waals surface area contributed by atoms with E-state index < -0.39 is 5.97 Å². The third-order valence-corrected chi connectivity index (χ3v) is 5.61. The van der Waals surface area contributed by atoms with Crippen LogP contribution in [0.2, 0.25) is 0 Å². The Morgan fingerprint density at radius 2 is 1.87 bits per heavy atom. The molecular weight excluding hydrogens is 383 g/mol. The van der Waals surface area contributed by atoms with Crippen LogP contribution in [0.15, 0.2) is 54.7 Å². The fourth-order valence-corrected chi connectivity index (χ4v) is 3.78. The molecule has 5 nitrogen and oxygen atoms in total. The van der Waals surface area contributed by atoms with Crippen molar-refractivity contribution in [2.45, 2.75) is 38.4 Å². The molecule has 0 spiro atoms. The van der Waals surface area contributed by atoms with Gasteiger partial charge in [0.1, 0.15) is 12.4 Å². The number of anilines is 1. The van der Waals surface area contributed by atoms with Gasteiger partial charge in [-0.25, -0.2) is 9.18 Å². The van der Waals surface area contributed by atoms with Gasteiger partial charge >= 0.3 is 5.97 Å². The summed E-state index contributed by atoms with van der Waals surface area (Å²) < 4.78 is 18.3. The number of ether oxygens (including phenoxy) is 1. The lowest BCUT2D eigenvalue weighted by atomic mass is 9.87. The number of carbonyl (C=O) groups excluding carboxylic acids is 1. The van der Waals surface area contributed by atoms with Crippen LogP contribution in [0.4, 0.5) is 10.1 Å². The van der Waals surface area contributed by atoms with Crippen LogP contribution >= 0.6 is 0 Å². The highest BCUT2D eigenvalue weighted by molar-refractivity contribution is 5.95. The van der Waals surface area contributed by atoms with Gasteiger partial charge in [0, 0.05) is 11.9 Å². The number of carbonyl (C=O) groups is 1. The molecule has 1 aliphatic carbocycles. The lowest BCUT2D eigenvalue weighted by Crippen LogP contribution is -2.23. The second kappa shape index (κ2) is 9.22. The van der Waals surface area contributed by atoms with Crippen molar-refractivity contribution in [2.75, 3.05) is 11.9 Å². The molecule has 3 aromatic rings. The molecular formula is C24H25FN2O3. The summed E-state index contributed by atoms with van der Waals surface area (Å²) >= 11 is 0. The first-order valence-electron chi connectivity index (χ1n) is 10.3. The van der Waals surface area contributed by atoms with E-state index in [1.807, 2.05) is 6.07 Å². The van der Waals surface area contributed by atoms with Crippen molar-refractivity contribution in [2.24, 2.45) is 5.92 Å². The fraction of sp³-hybridized carbons (Fsp3) is 0.333. The molecule has 1 aliphatic rings. The van der Waals surface area contributed by atoms with Crippen LogP contribution in [0.3, 0.4) is 0 Å². The summed E-state index contributed by atoms with van der Waals surface area (Å²) in [7, 11) is 0. The molecule has 4 rings (SSSR count). The molecule has 1 aromatic heterocycles. The molecule has 0 amide bonds. The number of rotatable bonds is 6. The number of pyridine rings is 1. The second-order valence-electron chi connectivity index (χ2n) is 7.89. The molecule has 2 N–H and O–H groups in total. The summed E-state index contributed by atoms with van der Waals surface area (Å²) in [6.45, 7) is 0.937. The number of nitrogens with zero attached hydrogens (tertiary/aromatic N) is 1. The number of hydrogen-bond acceptors (Lipinski definition) is 5. The third-order valence-electron chi connectivity index (χ3n) is 5.61. The largest absolute Gasteiger partial charge is 0.457 e. The topological polar surface area (TPSA) is 71.5 Å². The number of esters is 1. The van der Waals surface area contributed by atoms with E-state index in [0.717, 1.165) is 54.4 Å². The standard InChI is InChI=1S/C24H25FN2O3/c25-20-6-1-17(2-7-20)15-30-24(29)18-5-10-23-19(11-18)12-21(14-27-23)26-13-16-3-8-22(28)9-4-16/h1-2,5-7,10-12,14,16,22,26,28H,3-4,8-9,13,15H2. The van der Waals surface area contributed by atoms with E-state index in [1.165, 1.54) is 12.1 Å². The minimum Gasteiger partial charge on any atom is -0.457 e. The number of hydrogen-bond donors (Lipinski definition) is 2. The summed E-state index contributed by atoms with van der Waals surface area (Å²) in [6, 6.07) is 13.1. The quantitative estimate of drug-likeness (QED) is 0.579. The molecule has 0 unspecified atom stereocenters. The molecule has 1 saturated carbocycles. The Labute approximate surface area is 174 Å². The zero-order valence-electron chi connectivity index (χ0n) is 16.7. The molecule has 6 heteroatoms. The summed E-state index contributed by atoms with van der Waals surface area (Å²) in [5.74, 6) is -0.199. The fourth-order valence-electron chi connectivity index (χ4n) is 3.78. The van der Waals surface area contributed by atoms with Crippen molar-refractivity contribution >= 4 is 22.6 Å². The third kappa shape index (κ3) is 5.13. The zero-order valence-corrected chi connectivity index (χ0v) is 16.7. The smallest absolute Gasteiger partial charge is 0.338 e. The molecule has 1 heterocycles. The number of aliphatic hydroxyl groups is 1. The first-order valence-corrected chi connectivity index (χ1v) is 10.3. The predicted molar refractivity (Wildman–Crippen MR) is 114 cm³/mol. The van der Waals surface area contributed by atoms with Crippen molar-refractivity contribution in [1.82, 2.24) is 4.98 Å². The number of halogens is 1. The minimum atomic E-state index is -0.430. The van der Waals surface area contributed by atoms with Gasteiger partial charge in [-0.3, -0.25) is 4.98 Å². The molecule has 30 heavy (non-hydrogen) atoms. The van der Waals surface area contributed by atoms with Gasteiger partial charge in [-0.2, -0.15) is 0 Å². The number of nitrogens with one attached hydrogen (secondary N) is 1. The molecule has 156 valence electrons. The normalized spacial score (nSPS) is 18.9. The van der Waals surface area contributed by atoms with Crippen LogP contribution in [-0.4, -0.2) is 28.7 Å². The lowest BCUT2D eigenvalue weighted by molar-refractivity contribution is 0.0473. The summed E-state index contributed by atoms with van der Waals surface area (Å²) in [5.41, 5.74) is 2.89. The Hall–Kier alpha value is -2.99. The van der Waals surface area contributed by atoms with Gasteiger partial charge in [0.25, 0.3) is 0 Å². The monoisotopic (exact) mass is 408 g/mol. The van der Waals surface area contributed by atoms with Gasteiger partial charge in [0.2, 0.25) is 0 Å². The Morgan fingerprint density at radius 1 is 1.10 bits per heavy atom. The summed E-state index contributed by atoms with van der Waals surface area (Å²) in [6.07, 6.45) is 5.44. The average Bonchev–Trinajstić information content (AvgIpc) is 2.77. The first kappa shape index (κ1) is 20.3. The Balaban J connectivity index is 1.39. The highest BCUT2D eigenvalue weighted by Crippen LogP contribution is 2.25. The van der Waals surface area contributed by atoms with Crippen molar-refractivity contribution < 1.29 is 19.0 Å². The van der Waals surface area contributed by atoms with Gasteiger partial charge in [-0.1, -0.05) is 12.1 Å². The van der Waals surface area contributed by atoms with E-state index in [9.17, 15) is 14.3 Å². The van der Waals surface area contributed by atoms with E-state index in [4.69, 9.17) is 4.74 Å². The average molecular weight is 408 g/mol. The van der Waals surface area contributed by atoms with Crippen LogP contribution in [0.25, 0.3) is 10.9 Å². The first-order chi connectivity index (χ1) is 14.6. The van der Waals surface area contributed by atoms with Gasteiger partial charge in [0.15, 0.2) is 0 Å². The molecule has 0 atom stereocenters. The molecule has 0 radical (unpaired) electrons. The number of benzene rings is 2. The Kier molecular flexibility index (Phi) is 6.23. The van der Waals surface area contributed by atoms with Crippen molar-refractivity contribution in [3.05, 3.63) is 71.7 Å². The maximum absolute atomic E-state index is 13.0. The van der Waals surface area contributed by atoms with Gasteiger partial charge in [-0.05, 0) is 73.6 Å². The Morgan fingerprint density at radius 3 is 2.63 bits per heavy atom. The zero-order chi connectivity index (χ0) is 20.9. The van der Waals surface area contributed by atoms with E-state index in [-0.39, 0.29) is 18.5 Å². The van der Waals surface area contributed by atoms with Crippen molar-refractivity contribution in [3.63, 3.8) is 0 Å². The van der Waals surface area contributed by atoms with Gasteiger partial charge in [0.05, 0.1) is 29.1 Å². The van der Waals surface area contributed by atoms with Crippen molar-refractivity contribution in [1.29, 1.82) is 0 Å². The number of aromatic nitrogens is 1. The van der Waals surface area contributed by atoms with Crippen LogP contribution < -0.4 is 5.32 Å². The predicted octanol–water partition coefficient (Wildman–Crippen LogP) is 4.69. The second-order valence-corrected chi connectivity index (χ2v) is 7.89. The van der Waals surface area contributed by atoms with E-state index in [1.54, 1.807) is 36.5 Å². The molecule has 0 aliphatic heterocycles. The number of aliphatic hydroxyl groups excluding tert-OH is 1. The van der Waals surface area contributed by atoms with E-state index >= 15 is 0 Å². The minimum absolute atomic E-state index is 0.0904. The maximum Gasteiger partial charge on any atom is 0.338 e. The lowest BCUT2D eigenvalue weighted by Gasteiger charge is -2.25. The van der Waals surface area contributed by atoms with Crippen LogP contribution in [0, 0.1) is 11.7 Å². The van der Waals surface area contributed by atoms with Gasteiger partial charge in [-0.15, -0.1) is 0 Å². The Bertz CT molecular complexity index is 1010. The summed E-state index contributed by atoms with van der Waals surface area (Å²) in [5, 5.41) is 13.9. The molecule has 0 saturated heterocycles. The van der Waals surface area contributed by atoms with Gasteiger partial charge < -0.3 is 15.2 Å². The van der Waals surface area contributed by atoms with Crippen molar-refractivity contribution in [3.8, 4) is 0 Å². The maximum atomic E-state index is 13.0. The van der Waals surface area contributed by atoms with E-state index in [2.05, 4.69) is 10.3 Å². The van der Waals surface area contributed by atoms with Crippen LogP contribution in [-0.2, 0) is 11.3 Å². The number of fused-ring (bicyclic) bond motifs is 1. The van der Waals surface area contributed by atoms with Crippen LogP contribution in [0.5, 0.6) is 0 Å². The molecule has 1 fully saturated rings. The SMILES string of the molecule is O=C(OCc1ccc(F)cc1)c1ccc2ncc(NCC3CCC(O)CC3)cc2c1. The van der Waals surface area contributed by atoms with E-state index in [0.29, 0.717) is 11.5 Å².